The number of hydrogen-bond donors (Lipinski definition) is 2. The van der Waals surface area contributed by atoms with Gasteiger partial charge >= 0.3 is 0 Å². The van der Waals surface area contributed by atoms with Crippen molar-refractivity contribution in [3.05, 3.63) is 153 Å². The fraction of sp³-hybridized carbons (Fsp3) is 0.0882. The average Bonchev–Trinajstić information content (AvgIpc) is 3.00. The second-order valence-corrected chi connectivity index (χ2v) is 9.78. The normalized spacial score (nSPS) is 11.4. The third kappa shape index (κ3) is 7.95. The number of allylic oxidation sites excluding steroid dienone is 1. The van der Waals surface area contributed by atoms with Gasteiger partial charge in [-0.15, -0.1) is 0 Å². The van der Waals surface area contributed by atoms with Crippen LogP contribution in [0, 0.1) is 10.1 Å². The summed E-state index contributed by atoms with van der Waals surface area (Å²) in [7, 11) is 0. The van der Waals surface area contributed by atoms with E-state index < -0.39 is 16.7 Å². The zero-order chi connectivity index (χ0) is 30.1. The van der Waals surface area contributed by atoms with Crippen LogP contribution in [0.15, 0.2) is 115 Å². The minimum absolute atomic E-state index is 0.0655. The Kier molecular flexibility index (Phi) is 9.53. The lowest BCUT2D eigenvalue weighted by Crippen LogP contribution is -2.30. The molecule has 0 bridgehead atoms. The number of rotatable bonds is 10. The van der Waals surface area contributed by atoms with E-state index in [1.807, 2.05) is 24.3 Å². The molecular weight excluding hydrogens is 530 g/mol. The number of anilines is 1. The monoisotopic (exact) mass is 559 g/mol. The van der Waals surface area contributed by atoms with Gasteiger partial charge in [-0.25, -0.2) is 0 Å². The van der Waals surface area contributed by atoms with Gasteiger partial charge in [-0.1, -0.05) is 62.4 Å². The van der Waals surface area contributed by atoms with Crippen LogP contribution in [-0.4, -0.2) is 22.5 Å². The van der Waals surface area contributed by atoms with Crippen molar-refractivity contribution in [3.63, 3.8) is 0 Å². The Morgan fingerprint density at radius 1 is 0.762 bits per heavy atom. The molecular formula is C34H29N3O5. The molecule has 0 saturated carbocycles. The highest BCUT2D eigenvalue weighted by Crippen LogP contribution is 2.18. The van der Waals surface area contributed by atoms with Gasteiger partial charge in [-0.05, 0) is 83.3 Å². The fourth-order valence-electron chi connectivity index (χ4n) is 3.98. The molecule has 8 heteroatoms. The van der Waals surface area contributed by atoms with Crippen LogP contribution in [0.5, 0.6) is 0 Å². The molecule has 4 aromatic carbocycles. The van der Waals surface area contributed by atoms with Gasteiger partial charge in [0.05, 0.1) is 4.92 Å². The molecule has 42 heavy (non-hydrogen) atoms. The first-order chi connectivity index (χ1) is 20.2. The van der Waals surface area contributed by atoms with Crippen molar-refractivity contribution in [2.75, 3.05) is 5.32 Å². The number of nitro groups is 1. The number of nitrogens with zero attached hydrogens (tertiary/aromatic N) is 1. The van der Waals surface area contributed by atoms with Gasteiger partial charge in [0.2, 0.25) is 0 Å². The lowest BCUT2D eigenvalue weighted by atomic mass is 10.0. The molecule has 4 aromatic rings. The van der Waals surface area contributed by atoms with Crippen LogP contribution >= 0.6 is 0 Å². The summed E-state index contributed by atoms with van der Waals surface area (Å²) in [5, 5.41) is 16.3. The molecule has 0 spiro atoms. The minimum Gasteiger partial charge on any atom is -0.321 e. The van der Waals surface area contributed by atoms with Crippen LogP contribution in [-0.2, 0) is 4.79 Å². The van der Waals surface area contributed by atoms with E-state index >= 15 is 0 Å². The van der Waals surface area contributed by atoms with Gasteiger partial charge in [0.15, 0.2) is 5.78 Å². The Hall–Kier alpha value is -5.63. The molecule has 0 unspecified atom stereocenters. The second-order valence-electron chi connectivity index (χ2n) is 9.78. The van der Waals surface area contributed by atoms with Crippen molar-refractivity contribution >= 4 is 41.1 Å². The summed E-state index contributed by atoms with van der Waals surface area (Å²) in [6.07, 6.45) is 4.69. The molecule has 8 nitrogen and oxygen atoms in total. The first-order valence-electron chi connectivity index (χ1n) is 13.3. The molecule has 0 atom stereocenters. The molecule has 0 aliphatic heterocycles. The van der Waals surface area contributed by atoms with E-state index in [9.17, 15) is 24.5 Å². The number of amides is 2. The average molecular weight is 560 g/mol. The van der Waals surface area contributed by atoms with E-state index in [4.69, 9.17) is 0 Å². The summed E-state index contributed by atoms with van der Waals surface area (Å²) in [4.78, 5) is 49.2. The van der Waals surface area contributed by atoms with Gasteiger partial charge in [0.25, 0.3) is 17.5 Å². The van der Waals surface area contributed by atoms with E-state index in [1.165, 1.54) is 42.0 Å². The zero-order valence-corrected chi connectivity index (χ0v) is 23.1. The Labute approximate surface area is 243 Å². The number of benzene rings is 4. The Bertz CT molecular complexity index is 1640. The summed E-state index contributed by atoms with van der Waals surface area (Å²) in [6.45, 7) is 4.24. The lowest BCUT2D eigenvalue weighted by molar-refractivity contribution is -0.384. The van der Waals surface area contributed by atoms with Gasteiger partial charge in [-0.2, -0.15) is 0 Å². The molecule has 0 aliphatic carbocycles. The predicted octanol–water partition coefficient (Wildman–Crippen LogP) is 7.02. The molecule has 2 N–H and O–H groups in total. The quantitative estimate of drug-likeness (QED) is 0.0936. The Balaban J connectivity index is 1.48. The summed E-state index contributed by atoms with van der Waals surface area (Å²) in [5.74, 6) is -0.862. The van der Waals surface area contributed by atoms with Crippen LogP contribution in [0.4, 0.5) is 11.4 Å². The minimum atomic E-state index is -0.610. The highest BCUT2D eigenvalue weighted by Gasteiger charge is 2.16. The summed E-state index contributed by atoms with van der Waals surface area (Å²) in [5.41, 5.74) is 3.67. The van der Waals surface area contributed by atoms with Gasteiger partial charge in [0, 0.05) is 28.9 Å². The lowest BCUT2D eigenvalue weighted by Gasteiger charge is -2.12. The van der Waals surface area contributed by atoms with E-state index in [0.717, 1.165) is 5.56 Å². The van der Waals surface area contributed by atoms with Crippen LogP contribution in [0.1, 0.15) is 57.2 Å². The second kappa shape index (κ2) is 13.6. The smallest absolute Gasteiger partial charge is 0.272 e. The van der Waals surface area contributed by atoms with E-state index in [2.05, 4.69) is 24.5 Å². The van der Waals surface area contributed by atoms with E-state index in [-0.39, 0.29) is 17.2 Å². The number of non-ortho nitro benzene ring substituents is 1. The van der Waals surface area contributed by atoms with Crippen LogP contribution in [0.25, 0.3) is 12.2 Å². The fourth-order valence-corrected chi connectivity index (χ4v) is 3.98. The topological polar surface area (TPSA) is 118 Å². The highest BCUT2D eigenvalue weighted by atomic mass is 16.6. The maximum Gasteiger partial charge on any atom is 0.272 e. The van der Waals surface area contributed by atoms with Crippen molar-refractivity contribution in [3.8, 4) is 0 Å². The largest absolute Gasteiger partial charge is 0.321 e. The molecule has 210 valence electrons. The molecule has 0 fully saturated rings. The number of ketones is 1. The summed E-state index contributed by atoms with van der Waals surface area (Å²) in [6, 6.07) is 28.4. The van der Waals surface area contributed by atoms with Crippen molar-refractivity contribution in [2.45, 2.75) is 19.8 Å². The maximum absolute atomic E-state index is 13.2. The molecule has 2 amide bonds. The van der Waals surface area contributed by atoms with Gasteiger partial charge < -0.3 is 10.6 Å². The number of nitro benzene ring substituents is 1. The third-order valence-corrected chi connectivity index (χ3v) is 6.40. The first-order valence-corrected chi connectivity index (χ1v) is 13.3. The predicted molar refractivity (Wildman–Crippen MR) is 164 cm³/mol. The maximum atomic E-state index is 13.2. The Morgan fingerprint density at radius 2 is 1.38 bits per heavy atom. The molecule has 0 saturated heterocycles. The van der Waals surface area contributed by atoms with Crippen LogP contribution < -0.4 is 10.6 Å². The number of nitrogens with one attached hydrogen (secondary N) is 2. The standard InChI is InChI=1S/C34H29N3O5/c1-23(2)26-13-8-24(9-14-26)12-21-32(38)27-15-17-29(18-16-27)35-34(40)31(36-33(39)28-6-4-3-5-7-28)22-25-10-19-30(20-11-25)37(41)42/h3-23H,1-2H3,(H,35,40)(H,36,39)/b21-12+,31-22-. The summed E-state index contributed by atoms with van der Waals surface area (Å²) < 4.78 is 0. The van der Waals surface area contributed by atoms with Gasteiger partial charge in [0.1, 0.15) is 5.70 Å². The first kappa shape index (κ1) is 29.4. The van der Waals surface area contributed by atoms with E-state index in [1.54, 1.807) is 60.7 Å². The highest BCUT2D eigenvalue weighted by molar-refractivity contribution is 6.11. The molecule has 0 aromatic heterocycles. The number of carbonyl (C=O) groups is 3. The van der Waals surface area contributed by atoms with Crippen molar-refractivity contribution < 1.29 is 19.3 Å². The Morgan fingerprint density at radius 3 is 1.98 bits per heavy atom. The SMILES string of the molecule is CC(C)c1ccc(/C=C/C(=O)c2ccc(NC(=O)/C(=C/c3ccc([N+](=O)[O-])cc3)NC(=O)c3ccccc3)cc2)cc1. The molecule has 0 radical (unpaired) electrons. The molecule has 4 rings (SSSR count). The van der Waals surface area contributed by atoms with Crippen LogP contribution in [0.2, 0.25) is 0 Å². The number of hydrogen-bond acceptors (Lipinski definition) is 5. The molecule has 0 heterocycles. The number of carbonyl (C=O) groups excluding carboxylic acids is 3. The van der Waals surface area contributed by atoms with Crippen LogP contribution in [0.3, 0.4) is 0 Å². The van der Waals surface area contributed by atoms with Crippen molar-refractivity contribution in [2.24, 2.45) is 0 Å². The van der Waals surface area contributed by atoms with E-state index in [0.29, 0.717) is 28.3 Å². The molecule has 0 aliphatic rings. The summed E-state index contributed by atoms with van der Waals surface area (Å²) >= 11 is 0. The third-order valence-electron chi connectivity index (χ3n) is 6.40. The van der Waals surface area contributed by atoms with Crippen molar-refractivity contribution in [1.29, 1.82) is 0 Å². The van der Waals surface area contributed by atoms with Gasteiger partial charge in [-0.3, -0.25) is 24.5 Å². The van der Waals surface area contributed by atoms with Crippen molar-refractivity contribution in [1.82, 2.24) is 5.32 Å². The zero-order valence-electron chi connectivity index (χ0n) is 23.1.